The molecule has 8 nitrogen and oxygen atoms in total. The van der Waals surface area contributed by atoms with Gasteiger partial charge in [-0.3, -0.25) is 14.5 Å². The smallest absolute Gasteiger partial charge is 0.289 e. The highest BCUT2D eigenvalue weighted by atomic mass is 16.5. The van der Waals surface area contributed by atoms with Gasteiger partial charge in [0, 0.05) is 32.2 Å². The molecule has 0 saturated carbocycles. The summed E-state index contributed by atoms with van der Waals surface area (Å²) >= 11 is 0. The summed E-state index contributed by atoms with van der Waals surface area (Å²) in [5.41, 5.74) is 0.592. The van der Waals surface area contributed by atoms with Crippen molar-refractivity contribution < 1.29 is 23.5 Å². The predicted octanol–water partition coefficient (Wildman–Crippen LogP) is 2.78. The summed E-state index contributed by atoms with van der Waals surface area (Å²) in [4.78, 5) is 28.9. The highest BCUT2D eigenvalue weighted by Crippen LogP contribution is 2.29. The van der Waals surface area contributed by atoms with Gasteiger partial charge in [0.25, 0.3) is 5.91 Å². The van der Waals surface area contributed by atoms with Gasteiger partial charge in [-0.2, -0.15) is 0 Å². The minimum atomic E-state index is -0.133. The van der Waals surface area contributed by atoms with Crippen LogP contribution < -0.4 is 14.8 Å². The van der Waals surface area contributed by atoms with E-state index in [4.69, 9.17) is 13.9 Å². The highest BCUT2D eigenvalue weighted by molar-refractivity contribution is 5.94. The second-order valence-corrected chi connectivity index (χ2v) is 7.05. The third-order valence-electron chi connectivity index (χ3n) is 4.81. The van der Waals surface area contributed by atoms with E-state index in [0.717, 1.165) is 0 Å². The molecule has 2 aromatic rings. The van der Waals surface area contributed by atoms with E-state index in [9.17, 15) is 9.59 Å². The zero-order chi connectivity index (χ0) is 21.5. The summed E-state index contributed by atoms with van der Waals surface area (Å²) in [7, 11) is 0. The number of furan rings is 1. The van der Waals surface area contributed by atoms with Crippen LogP contribution in [0.25, 0.3) is 0 Å². The van der Waals surface area contributed by atoms with Crippen LogP contribution in [0.4, 0.5) is 5.69 Å². The van der Waals surface area contributed by atoms with Crippen LogP contribution in [0.15, 0.2) is 34.7 Å². The number of nitrogens with one attached hydrogen (secondary N) is 1. The zero-order valence-electron chi connectivity index (χ0n) is 17.8. The molecule has 162 valence electrons. The number of benzene rings is 1. The standard InChI is InChI=1S/C22H29N3O5/c1-4-28-17-7-9-19(29-5-2)18(14-17)23-21(26)15-24-10-12-25(13-11-24)22(27)20-8-6-16(3)30-20/h6-9,14H,4-5,10-13,15H2,1-3H3,(H,23,26). The van der Waals surface area contributed by atoms with E-state index in [1.165, 1.54) is 0 Å². The number of ether oxygens (including phenoxy) is 2. The van der Waals surface area contributed by atoms with Gasteiger partial charge in [-0.15, -0.1) is 0 Å². The molecule has 0 atom stereocenters. The summed E-state index contributed by atoms with van der Waals surface area (Å²) in [6.07, 6.45) is 0. The summed E-state index contributed by atoms with van der Waals surface area (Å²) in [6, 6.07) is 8.87. The van der Waals surface area contributed by atoms with Crippen LogP contribution in [0.5, 0.6) is 11.5 Å². The average Bonchev–Trinajstić information content (AvgIpc) is 3.16. The molecule has 1 saturated heterocycles. The zero-order valence-corrected chi connectivity index (χ0v) is 17.8. The Kier molecular flexibility index (Phi) is 7.35. The van der Waals surface area contributed by atoms with Crippen molar-refractivity contribution >= 4 is 17.5 Å². The Labute approximate surface area is 176 Å². The summed E-state index contributed by atoms with van der Waals surface area (Å²) in [6.45, 7) is 9.25. The number of hydrogen-bond acceptors (Lipinski definition) is 6. The minimum absolute atomic E-state index is 0.110. The molecule has 2 heterocycles. The van der Waals surface area contributed by atoms with Crippen LogP contribution in [0.3, 0.4) is 0 Å². The monoisotopic (exact) mass is 415 g/mol. The van der Waals surface area contributed by atoms with Gasteiger partial charge in [-0.25, -0.2) is 0 Å². The highest BCUT2D eigenvalue weighted by Gasteiger charge is 2.25. The van der Waals surface area contributed by atoms with Crippen molar-refractivity contribution in [2.75, 3.05) is 51.3 Å². The number of aryl methyl sites for hydroxylation is 1. The van der Waals surface area contributed by atoms with Crippen LogP contribution in [-0.4, -0.2) is 67.6 Å². The molecule has 0 spiro atoms. The first kappa shape index (κ1) is 21.7. The summed E-state index contributed by atoms with van der Waals surface area (Å²) < 4.78 is 16.6. The normalized spacial score (nSPS) is 14.4. The van der Waals surface area contributed by atoms with E-state index < -0.39 is 0 Å². The lowest BCUT2D eigenvalue weighted by Crippen LogP contribution is -2.50. The molecular formula is C22H29N3O5. The molecule has 1 aromatic carbocycles. The van der Waals surface area contributed by atoms with Crippen LogP contribution in [0.2, 0.25) is 0 Å². The molecule has 0 aliphatic carbocycles. The van der Waals surface area contributed by atoms with Gasteiger partial charge in [0.05, 0.1) is 25.4 Å². The molecule has 1 aliphatic rings. The van der Waals surface area contributed by atoms with E-state index in [0.29, 0.717) is 68.1 Å². The van der Waals surface area contributed by atoms with Crippen molar-refractivity contribution in [2.24, 2.45) is 0 Å². The molecule has 0 bridgehead atoms. The van der Waals surface area contributed by atoms with Gasteiger partial charge < -0.3 is 24.1 Å². The molecular weight excluding hydrogens is 386 g/mol. The van der Waals surface area contributed by atoms with E-state index in [-0.39, 0.29) is 18.4 Å². The topological polar surface area (TPSA) is 84.3 Å². The van der Waals surface area contributed by atoms with E-state index >= 15 is 0 Å². The Balaban J connectivity index is 1.53. The van der Waals surface area contributed by atoms with E-state index in [1.54, 1.807) is 29.2 Å². The molecule has 1 aliphatic heterocycles. The Bertz CT molecular complexity index is 871. The third kappa shape index (κ3) is 5.54. The van der Waals surface area contributed by atoms with Crippen LogP contribution in [0, 0.1) is 6.92 Å². The fraction of sp³-hybridized carbons (Fsp3) is 0.455. The van der Waals surface area contributed by atoms with Crippen molar-refractivity contribution in [1.82, 2.24) is 9.80 Å². The van der Waals surface area contributed by atoms with Crippen LogP contribution >= 0.6 is 0 Å². The lowest BCUT2D eigenvalue weighted by molar-refractivity contribution is -0.117. The van der Waals surface area contributed by atoms with Crippen molar-refractivity contribution in [2.45, 2.75) is 20.8 Å². The fourth-order valence-corrected chi connectivity index (χ4v) is 3.35. The van der Waals surface area contributed by atoms with Gasteiger partial charge in [0.15, 0.2) is 5.76 Å². The number of nitrogens with zero attached hydrogens (tertiary/aromatic N) is 2. The minimum Gasteiger partial charge on any atom is -0.494 e. The summed E-state index contributed by atoms with van der Waals surface area (Å²) in [5.74, 6) is 2.12. The number of rotatable bonds is 8. The average molecular weight is 415 g/mol. The molecule has 2 amide bonds. The molecule has 3 rings (SSSR count). The maximum absolute atomic E-state index is 12.6. The van der Waals surface area contributed by atoms with E-state index in [2.05, 4.69) is 5.32 Å². The van der Waals surface area contributed by atoms with E-state index in [1.807, 2.05) is 31.7 Å². The molecule has 1 fully saturated rings. The Hall–Kier alpha value is -3.00. The summed E-state index contributed by atoms with van der Waals surface area (Å²) in [5, 5.41) is 2.92. The predicted molar refractivity (Wildman–Crippen MR) is 113 cm³/mol. The van der Waals surface area contributed by atoms with Gasteiger partial charge in [-0.05, 0) is 45.0 Å². The van der Waals surface area contributed by atoms with Gasteiger partial charge >= 0.3 is 0 Å². The fourth-order valence-electron chi connectivity index (χ4n) is 3.35. The maximum Gasteiger partial charge on any atom is 0.289 e. The Morgan fingerprint density at radius 1 is 1.03 bits per heavy atom. The quantitative estimate of drug-likeness (QED) is 0.714. The number of piperazine rings is 1. The van der Waals surface area contributed by atoms with Crippen molar-refractivity contribution in [1.29, 1.82) is 0 Å². The lowest BCUT2D eigenvalue weighted by Gasteiger charge is -2.33. The number of anilines is 1. The van der Waals surface area contributed by atoms with Crippen LogP contribution in [0.1, 0.15) is 30.2 Å². The van der Waals surface area contributed by atoms with Gasteiger partial charge in [0.1, 0.15) is 17.3 Å². The first-order valence-electron chi connectivity index (χ1n) is 10.3. The maximum atomic E-state index is 12.6. The molecule has 8 heteroatoms. The van der Waals surface area contributed by atoms with Gasteiger partial charge in [0.2, 0.25) is 5.91 Å². The second-order valence-electron chi connectivity index (χ2n) is 7.05. The van der Waals surface area contributed by atoms with Crippen molar-refractivity contribution in [3.8, 4) is 11.5 Å². The Morgan fingerprint density at radius 3 is 2.40 bits per heavy atom. The first-order chi connectivity index (χ1) is 14.5. The second kappa shape index (κ2) is 10.2. The molecule has 1 N–H and O–H groups in total. The Morgan fingerprint density at radius 2 is 1.77 bits per heavy atom. The number of amides is 2. The molecule has 0 radical (unpaired) electrons. The first-order valence-corrected chi connectivity index (χ1v) is 10.3. The molecule has 0 unspecified atom stereocenters. The lowest BCUT2D eigenvalue weighted by atomic mass is 10.2. The van der Waals surface area contributed by atoms with Crippen molar-refractivity contribution in [3.63, 3.8) is 0 Å². The SMILES string of the molecule is CCOc1ccc(OCC)c(NC(=O)CN2CCN(C(=O)c3ccc(C)o3)CC2)c1. The largest absolute Gasteiger partial charge is 0.494 e. The third-order valence-corrected chi connectivity index (χ3v) is 4.81. The van der Waals surface area contributed by atoms with Crippen LogP contribution in [-0.2, 0) is 4.79 Å². The number of carbonyl (C=O) groups excluding carboxylic acids is 2. The van der Waals surface area contributed by atoms with Gasteiger partial charge in [-0.1, -0.05) is 0 Å². The van der Waals surface area contributed by atoms with Crippen molar-refractivity contribution in [3.05, 3.63) is 41.9 Å². The molecule has 30 heavy (non-hydrogen) atoms. The molecule has 1 aromatic heterocycles. The number of hydrogen-bond donors (Lipinski definition) is 1. The number of carbonyl (C=O) groups is 2.